The van der Waals surface area contributed by atoms with Crippen molar-refractivity contribution < 1.29 is 14.7 Å². The molecule has 0 spiro atoms. The maximum atomic E-state index is 11.6. The SMILES string of the molecule is C[C@H](NC(=O)c1cccc(=O)n1C)C(=O)O. The van der Waals surface area contributed by atoms with Crippen molar-refractivity contribution in [3.63, 3.8) is 0 Å². The van der Waals surface area contributed by atoms with E-state index in [0.717, 1.165) is 4.57 Å². The van der Waals surface area contributed by atoms with Crippen LogP contribution in [-0.2, 0) is 11.8 Å². The van der Waals surface area contributed by atoms with Gasteiger partial charge in [-0.3, -0.25) is 14.4 Å². The molecule has 86 valence electrons. The zero-order valence-corrected chi connectivity index (χ0v) is 8.93. The van der Waals surface area contributed by atoms with E-state index in [-0.39, 0.29) is 11.3 Å². The van der Waals surface area contributed by atoms with E-state index < -0.39 is 17.9 Å². The fraction of sp³-hybridized carbons (Fsp3) is 0.300. The van der Waals surface area contributed by atoms with Crippen LogP contribution < -0.4 is 10.9 Å². The molecule has 1 aromatic rings. The van der Waals surface area contributed by atoms with Crippen molar-refractivity contribution in [1.29, 1.82) is 0 Å². The molecule has 1 atom stereocenters. The van der Waals surface area contributed by atoms with Crippen molar-refractivity contribution in [2.45, 2.75) is 13.0 Å². The molecular weight excluding hydrogens is 212 g/mol. The van der Waals surface area contributed by atoms with Gasteiger partial charge in [0.05, 0.1) is 0 Å². The lowest BCUT2D eigenvalue weighted by Crippen LogP contribution is -2.40. The van der Waals surface area contributed by atoms with Gasteiger partial charge in [-0.25, -0.2) is 0 Å². The molecule has 0 radical (unpaired) electrons. The number of nitrogens with one attached hydrogen (secondary N) is 1. The molecule has 0 aromatic carbocycles. The van der Waals surface area contributed by atoms with E-state index in [0.29, 0.717) is 0 Å². The third kappa shape index (κ3) is 2.47. The number of aliphatic carboxylic acids is 1. The number of hydrogen-bond acceptors (Lipinski definition) is 3. The first-order valence-electron chi connectivity index (χ1n) is 4.63. The molecule has 6 heteroatoms. The Morgan fingerprint density at radius 2 is 2.06 bits per heavy atom. The van der Waals surface area contributed by atoms with Gasteiger partial charge in [-0.05, 0) is 13.0 Å². The number of pyridine rings is 1. The predicted molar refractivity (Wildman–Crippen MR) is 56.2 cm³/mol. The molecule has 16 heavy (non-hydrogen) atoms. The molecule has 0 aliphatic heterocycles. The van der Waals surface area contributed by atoms with Gasteiger partial charge in [0.15, 0.2) is 0 Å². The molecular formula is C10H12N2O4. The van der Waals surface area contributed by atoms with Crippen LogP contribution in [0.1, 0.15) is 17.4 Å². The zero-order valence-electron chi connectivity index (χ0n) is 8.93. The third-order valence-electron chi connectivity index (χ3n) is 2.14. The Kier molecular flexibility index (Phi) is 3.44. The molecule has 1 heterocycles. The highest BCUT2D eigenvalue weighted by atomic mass is 16.4. The summed E-state index contributed by atoms with van der Waals surface area (Å²) in [6.07, 6.45) is 0. The Labute approximate surface area is 91.5 Å². The number of carbonyl (C=O) groups excluding carboxylic acids is 1. The fourth-order valence-electron chi connectivity index (χ4n) is 1.12. The summed E-state index contributed by atoms with van der Waals surface area (Å²) in [5, 5.41) is 10.9. The van der Waals surface area contributed by atoms with Crippen molar-refractivity contribution in [1.82, 2.24) is 9.88 Å². The monoisotopic (exact) mass is 224 g/mol. The number of amides is 1. The van der Waals surface area contributed by atoms with Gasteiger partial charge < -0.3 is 15.0 Å². The molecule has 1 aromatic heterocycles. The lowest BCUT2D eigenvalue weighted by molar-refractivity contribution is -0.138. The number of hydrogen-bond donors (Lipinski definition) is 2. The van der Waals surface area contributed by atoms with Crippen molar-refractivity contribution in [3.8, 4) is 0 Å². The van der Waals surface area contributed by atoms with Crippen LogP contribution in [0.5, 0.6) is 0 Å². The fourth-order valence-corrected chi connectivity index (χ4v) is 1.12. The van der Waals surface area contributed by atoms with E-state index >= 15 is 0 Å². The molecule has 0 saturated heterocycles. The lowest BCUT2D eigenvalue weighted by Gasteiger charge is -2.11. The minimum Gasteiger partial charge on any atom is -0.480 e. The number of aromatic nitrogens is 1. The summed E-state index contributed by atoms with van der Waals surface area (Å²) >= 11 is 0. The summed E-state index contributed by atoms with van der Waals surface area (Å²) in [6, 6.07) is 3.22. The van der Waals surface area contributed by atoms with Gasteiger partial charge >= 0.3 is 5.97 Å². The largest absolute Gasteiger partial charge is 0.480 e. The van der Waals surface area contributed by atoms with Gasteiger partial charge in [0.2, 0.25) is 0 Å². The van der Waals surface area contributed by atoms with Crippen LogP contribution in [0.25, 0.3) is 0 Å². The van der Waals surface area contributed by atoms with Crippen molar-refractivity contribution in [3.05, 3.63) is 34.2 Å². The van der Waals surface area contributed by atoms with Gasteiger partial charge in [0, 0.05) is 13.1 Å². The molecule has 1 rings (SSSR count). The average molecular weight is 224 g/mol. The Bertz CT molecular complexity index is 478. The van der Waals surface area contributed by atoms with Crippen LogP contribution >= 0.6 is 0 Å². The van der Waals surface area contributed by atoms with E-state index in [2.05, 4.69) is 5.32 Å². The van der Waals surface area contributed by atoms with Crippen LogP contribution in [0.15, 0.2) is 23.0 Å². The Balaban J connectivity index is 2.94. The summed E-state index contributed by atoms with van der Waals surface area (Å²) in [7, 11) is 1.45. The third-order valence-corrected chi connectivity index (χ3v) is 2.14. The Hall–Kier alpha value is -2.11. The predicted octanol–water partition coefficient (Wildman–Crippen LogP) is -0.412. The number of carboxylic acid groups (broad SMARTS) is 1. The number of rotatable bonds is 3. The minimum atomic E-state index is -1.13. The lowest BCUT2D eigenvalue weighted by atomic mass is 10.3. The second kappa shape index (κ2) is 4.61. The summed E-state index contributed by atoms with van der Waals surface area (Å²) in [5.41, 5.74) is -0.198. The first-order valence-corrected chi connectivity index (χ1v) is 4.63. The van der Waals surface area contributed by atoms with Crippen LogP contribution in [0, 0.1) is 0 Å². The van der Waals surface area contributed by atoms with Crippen molar-refractivity contribution in [2.24, 2.45) is 7.05 Å². The van der Waals surface area contributed by atoms with Crippen LogP contribution in [0.4, 0.5) is 0 Å². The van der Waals surface area contributed by atoms with Gasteiger partial charge in [-0.1, -0.05) is 6.07 Å². The number of nitrogens with zero attached hydrogens (tertiary/aromatic N) is 1. The number of carbonyl (C=O) groups is 2. The second-order valence-corrected chi connectivity index (χ2v) is 3.34. The molecule has 0 aliphatic rings. The minimum absolute atomic E-state index is 0.126. The summed E-state index contributed by atoms with van der Waals surface area (Å²) < 4.78 is 1.16. The highest BCUT2D eigenvalue weighted by molar-refractivity contribution is 5.95. The highest BCUT2D eigenvalue weighted by Gasteiger charge is 2.16. The first-order chi connectivity index (χ1) is 7.43. The average Bonchev–Trinajstić information content (AvgIpc) is 2.21. The molecule has 0 aliphatic carbocycles. The summed E-state index contributed by atoms with van der Waals surface area (Å²) in [5.74, 6) is -1.72. The first kappa shape index (κ1) is 12.0. The molecule has 0 saturated carbocycles. The Morgan fingerprint density at radius 3 is 2.62 bits per heavy atom. The van der Waals surface area contributed by atoms with E-state index in [4.69, 9.17) is 5.11 Å². The smallest absolute Gasteiger partial charge is 0.325 e. The maximum Gasteiger partial charge on any atom is 0.325 e. The molecule has 0 unspecified atom stereocenters. The standard InChI is InChI=1S/C10H12N2O4/c1-6(10(15)16)11-9(14)7-4-3-5-8(13)12(7)2/h3-6H,1-2H3,(H,11,14)(H,15,16)/t6-/m0/s1. The molecule has 6 nitrogen and oxygen atoms in total. The zero-order chi connectivity index (χ0) is 12.3. The molecule has 0 fully saturated rings. The normalized spacial score (nSPS) is 11.9. The van der Waals surface area contributed by atoms with E-state index in [9.17, 15) is 14.4 Å². The van der Waals surface area contributed by atoms with Crippen LogP contribution in [-0.4, -0.2) is 27.6 Å². The van der Waals surface area contributed by atoms with E-state index in [1.165, 1.54) is 32.2 Å². The number of carboxylic acids is 1. The van der Waals surface area contributed by atoms with Gasteiger partial charge in [-0.15, -0.1) is 0 Å². The second-order valence-electron chi connectivity index (χ2n) is 3.34. The molecule has 0 bridgehead atoms. The van der Waals surface area contributed by atoms with E-state index in [1.54, 1.807) is 0 Å². The van der Waals surface area contributed by atoms with Crippen LogP contribution in [0.3, 0.4) is 0 Å². The van der Waals surface area contributed by atoms with Gasteiger partial charge in [0.1, 0.15) is 11.7 Å². The van der Waals surface area contributed by atoms with Crippen LogP contribution in [0.2, 0.25) is 0 Å². The quantitative estimate of drug-likeness (QED) is 0.730. The summed E-state index contributed by atoms with van der Waals surface area (Å²) in [4.78, 5) is 33.4. The van der Waals surface area contributed by atoms with E-state index in [1.807, 2.05) is 0 Å². The van der Waals surface area contributed by atoms with Crippen molar-refractivity contribution >= 4 is 11.9 Å². The topological polar surface area (TPSA) is 88.4 Å². The maximum absolute atomic E-state index is 11.6. The Morgan fingerprint density at radius 1 is 1.44 bits per heavy atom. The van der Waals surface area contributed by atoms with Crippen molar-refractivity contribution in [2.75, 3.05) is 0 Å². The molecule has 2 N–H and O–H groups in total. The highest BCUT2D eigenvalue weighted by Crippen LogP contribution is 1.95. The van der Waals surface area contributed by atoms with Gasteiger partial charge in [-0.2, -0.15) is 0 Å². The summed E-state index contributed by atoms with van der Waals surface area (Å²) in [6.45, 7) is 1.35. The molecule has 1 amide bonds. The van der Waals surface area contributed by atoms with Gasteiger partial charge in [0.25, 0.3) is 11.5 Å².